The maximum Gasteiger partial charge on any atom is 0.407 e. The Kier molecular flexibility index (Phi) is 6.17. The van der Waals surface area contributed by atoms with Gasteiger partial charge in [0.1, 0.15) is 11.9 Å². The van der Waals surface area contributed by atoms with E-state index in [9.17, 15) is 4.79 Å². The summed E-state index contributed by atoms with van der Waals surface area (Å²) in [6, 6.07) is 21.0. The summed E-state index contributed by atoms with van der Waals surface area (Å²) in [6.07, 6.45) is 5.15. The summed E-state index contributed by atoms with van der Waals surface area (Å²) in [5.41, 5.74) is 1.32. The van der Waals surface area contributed by atoms with Crippen molar-refractivity contribution in [2.75, 3.05) is 18.4 Å². The smallest absolute Gasteiger partial charge is 0.407 e. The van der Waals surface area contributed by atoms with Crippen LogP contribution in [0.5, 0.6) is 0 Å². The zero-order chi connectivity index (χ0) is 20.8. The van der Waals surface area contributed by atoms with E-state index in [1.54, 1.807) is 0 Å². The number of carbonyl (C=O) groups is 1. The minimum atomic E-state index is -0.312. The highest BCUT2D eigenvalue weighted by molar-refractivity contribution is 5.91. The molecule has 1 aromatic heterocycles. The normalized spacial score (nSPS) is 21.2. The van der Waals surface area contributed by atoms with E-state index in [2.05, 4.69) is 58.1 Å². The standard InChI is InChI=1S/C25H29N3O2/c1-2-26-24(29)30-21-12-15-25(16-13-21,20-9-4-3-5-10-20)18-28-23-22-11-7-6-8-19(22)14-17-27-23/h3-11,14,17,21H,2,12-13,15-16,18H2,1H3,(H,26,29)(H,27,28)/t21-,25-. The van der Waals surface area contributed by atoms with Crippen LogP contribution >= 0.6 is 0 Å². The van der Waals surface area contributed by atoms with Gasteiger partial charge in [-0.05, 0) is 49.6 Å². The van der Waals surface area contributed by atoms with E-state index in [0.717, 1.165) is 43.4 Å². The van der Waals surface area contributed by atoms with Gasteiger partial charge in [0.15, 0.2) is 0 Å². The van der Waals surface area contributed by atoms with Crippen molar-refractivity contribution in [1.82, 2.24) is 10.3 Å². The summed E-state index contributed by atoms with van der Waals surface area (Å²) < 4.78 is 5.60. The largest absolute Gasteiger partial charge is 0.446 e. The van der Waals surface area contributed by atoms with E-state index < -0.39 is 0 Å². The van der Waals surface area contributed by atoms with Gasteiger partial charge in [-0.3, -0.25) is 0 Å². The number of hydrogen-bond acceptors (Lipinski definition) is 4. The van der Waals surface area contributed by atoms with Crippen LogP contribution in [-0.4, -0.2) is 30.3 Å². The second-order valence-electron chi connectivity index (χ2n) is 8.02. The van der Waals surface area contributed by atoms with Gasteiger partial charge in [-0.25, -0.2) is 9.78 Å². The minimum absolute atomic E-state index is 0.0129. The summed E-state index contributed by atoms with van der Waals surface area (Å²) in [7, 11) is 0. The number of ether oxygens (including phenoxy) is 1. The van der Waals surface area contributed by atoms with Crippen molar-refractivity contribution >= 4 is 22.7 Å². The van der Waals surface area contributed by atoms with Gasteiger partial charge in [0.05, 0.1) is 0 Å². The summed E-state index contributed by atoms with van der Waals surface area (Å²) in [6.45, 7) is 3.28. The molecule has 2 aromatic carbocycles. The number of aromatic nitrogens is 1. The second kappa shape index (κ2) is 9.16. The SMILES string of the molecule is CCNC(=O)O[C@H]1CC[C@](CNc2nccc3ccccc23)(c2ccccc2)CC1. The Morgan fingerprint density at radius 1 is 1.07 bits per heavy atom. The van der Waals surface area contributed by atoms with Crippen LogP contribution in [0.2, 0.25) is 0 Å². The van der Waals surface area contributed by atoms with Gasteiger partial charge in [-0.2, -0.15) is 0 Å². The number of rotatable bonds is 6. The lowest BCUT2D eigenvalue weighted by atomic mass is 9.68. The van der Waals surface area contributed by atoms with Gasteiger partial charge >= 0.3 is 6.09 Å². The van der Waals surface area contributed by atoms with Gasteiger partial charge in [0.25, 0.3) is 0 Å². The van der Waals surface area contributed by atoms with Crippen LogP contribution in [-0.2, 0) is 10.2 Å². The average molecular weight is 404 g/mol. The highest BCUT2D eigenvalue weighted by Gasteiger charge is 2.38. The van der Waals surface area contributed by atoms with E-state index in [1.807, 2.05) is 31.3 Å². The summed E-state index contributed by atoms with van der Waals surface area (Å²) >= 11 is 0. The number of alkyl carbamates (subject to hydrolysis) is 1. The van der Waals surface area contributed by atoms with Crippen molar-refractivity contribution in [3.63, 3.8) is 0 Å². The van der Waals surface area contributed by atoms with Crippen molar-refractivity contribution in [2.24, 2.45) is 0 Å². The van der Waals surface area contributed by atoms with Gasteiger partial charge in [0, 0.05) is 30.1 Å². The Bertz CT molecular complexity index is 977. The third-order valence-electron chi connectivity index (χ3n) is 6.14. The number of anilines is 1. The maximum atomic E-state index is 11.8. The quantitative estimate of drug-likeness (QED) is 0.588. The topological polar surface area (TPSA) is 63.2 Å². The molecule has 5 heteroatoms. The van der Waals surface area contributed by atoms with Gasteiger partial charge in [-0.15, -0.1) is 0 Å². The van der Waals surface area contributed by atoms with Crippen LogP contribution in [0.25, 0.3) is 10.8 Å². The third kappa shape index (κ3) is 4.40. The number of nitrogens with zero attached hydrogens (tertiary/aromatic N) is 1. The van der Waals surface area contributed by atoms with Crippen molar-refractivity contribution in [3.8, 4) is 0 Å². The molecule has 1 aliphatic carbocycles. The molecule has 1 saturated carbocycles. The molecule has 2 N–H and O–H groups in total. The summed E-state index contributed by atoms with van der Waals surface area (Å²) in [5, 5.41) is 8.69. The van der Waals surface area contributed by atoms with Crippen LogP contribution in [0, 0.1) is 0 Å². The molecule has 1 fully saturated rings. The average Bonchev–Trinajstić information content (AvgIpc) is 2.79. The van der Waals surface area contributed by atoms with Crippen LogP contribution in [0.1, 0.15) is 38.2 Å². The second-order valence-corrected chi connectivity index (χ2v) is 8.02. The molecule has 1 amide bonds. The zero-order valence-corrected chi connectivity index (χ0v) is 17.4. The molecular formula is C25H29N3O2. The summed E-state index contributed by atoms with van der Waals surface area (Å²) in [5.74, 6) is 0.920. The van der Waals surface area contributed by atoms with Gasteiger partial charge < -0.3 is 15.4 Å². The predicted molar refractivity (Wildman–Crippen MR) is 121 cm³/mol. The Morgan fingerprint density at radius 3 is 2.57 bits per heavy atom. The van der Waals surface area contributed by atoms with Crippen molar-refractivity contribution in [3.05, 3.63) is 72.4 Å². The van der Waals surface area contributed by atoms with Gasteiger partial charge in [-0.1, -0.05) is 54.6 Å². The van der Waals surface area contributed by atoms with Crippen LogP contribution in [0.3, 0.4) is 0 Å². The molecule has 4 rings (SSSR count). The first kappa shape index (κ1) is 20.2. The fraction of sp³-hybridized carbons (Fsp3) is 0.360. The Labute approximate surface area is 177 Å². The van der Waals surface area contributed by atoms with Crippen LogP contribution < -0.4 is 10.6 Å². The summed E-state index contributed by atoms with van der Waals surface area (Å²) in [4.78, 5) is 16.4. The minimum Gasteiger partial charge on any atom is -0.446 e. The molecule has 3 aromatic rings. The van der Waals surface area contributed by atoms with Crippen LogP contribution in [0.4, 0.5) is 10.6 Å². The molecule has 30 heavy (non-hydrogen) atoms. The molecule has 5 nitrogen and oxygen atoms in total. The number of pyridine rings is 1. The van der Waals surface area contributed by atoms with Crippen molar-refractivity contribution in [2.45, 2.75) is 44.1 Å². The highest BCUT2D eigenvalue weighted by atomic mass is 16.6. The first-order chi connectivity index (χ1) is 14.7. The van der Waals surface area contributed by atoms with E-state index in [0.29, 0.717) is 6.54 Å². The fourth-order valence-corrected chi connectivity index (χ4v) is 4.47. The molecule has 0 saturated heterocycles. The molecule has 0 spiro atoms. The highest BCUT2D eigenvalue weighted by Crippen LogP contribution is 2.40. The Hall–Kier alpha value is -3.08. The molecule has 0 bridgehead atoms. The molecule has 156 valence electrons. The lowest BCUT2D eigenvalue weighted by molar-refractivity contribution is 0.0594. The monoisotopic (exact) mass is 403 g/mol. The number of nitrogens with one attached hydrogen (secondary N) is 2. The lowest BCUT2D eigenvalue weighted by Crippen LogP contribution is -2.41. The fourth-order valence-electron chi connectivity index (χ4n) is 4.47. The number of hydrogen-bond donors (Lipinski definition) is 2. The lowest BCUT2D eigenvalue weighted by Gasteiger charge is -2.40. The van der Waals surface area contributed by atoms with Gasteiger partial charge in [0.2, 0.25) is 0 Å². The molecule has 0 radical (unpaired) electrons. The third-order valence-corrected chi connectivity index (χ3v) is 6.14. The molecule has 0 aliphatic heterocycles. The number of fused-ring (bicyclic) bond motifs is 1. The first-order valence-corrected chi connectivity index (χ1v) is 10.8. The Morgan fingerprint density at radius 2 is 1.80 bits per heavy atom. The van der Waals surface area contributed by atoms with E-state index >= 15 is 0 Å². The zero-order valence-electron chi connectivity index (χ0n) is 17.4. The van der Waals surface area contributed by atoms with Crippen molar-refractivity contribution < 1.29 is 9.53 Å². The van der Waals surface area contributed by atoms with Crippen LogP contribution in [0.15, 0.2) is 66.9 Å². The first-order valence-electron chi connectivity index (χ1n) is 10.8. The number of benzene rings is 2. The molecule has 0 unspecified atom stereocenters. The predicted octanol–water partition coefficient (Wildman–Crippen LogP) is 5.27. The maximum absolute atomic E-state index is 11.8. The number of amides is 1. The Balaban J connectivity index is 1.52. The molecule has 0 atom stereocenters. The van der Waals surface area contributed by atoms with Crippen molar-refractivity contribution in [1.29, 1.82) is 0 Å². The van der Waals surface area contributed by atoms with E-state index in [1.165, 1.54) is 10.9 Å². The van der Waals surface area contributed by atoms with E-state index in [4.69, 9.17) is 4.74 Å². The van der Waals surface area contributed by atoms with E-state index in [-0.39, 0.29) is 17.6 Å². The molecule has 1 aliphatic rings. The number of carbonyl (C=O) groups excluding carboxylic acids is 1. The molecular weight excluding hydrogens is 374 g/mol. The molecule has 1 heterocycles.